The summed E-state index contributed by atoms with van der Waals surface area (Å²) in [6, 6.07) is 5.90. The Hall–Kier alpha value is -0.956. The maximum absolute atomic E-state index is 12.8. The Labute approximate surface area is 193 Å². The number of ether oxygens (including phenoxy) is 1. The van der Waals surface area contributed by atoms with Gasteiger partial charge in [-0.1, -0.05) is 47.6 Å². The number of hydrogen-bond donors (Lipinski definition) is 0. The fraction of sp³-hybridized carbons (Fsp3) is 0.720. The number of carbonyl (C=O) groups is 1. The van der Waals surface area contributed by atoms with Crippen molar-refractivity contribution in [3.63, 3.8) is 0 Å². The molecule has 0 saturated heterocycles. The highest BCUT2D eigenvalue weighted by Crippen LogP contribution is 2.38. The van der Waals surface area contributed by atoms with Crippen LogP contribution in [0.25, 0.3) is 0 Å². The fourth-order valence-electron chi connectivity index (χ4n) is 2.34. The molecule has 1 aromatic carbocycles. The molecule has 0 radical (unpaired) electrons. The van der Waals surface area contributed by atoms with Crippen molar-refractivity contribution in [1.29, 1.82) is 0 Å². The standard InChI is InChI=1S/C25H46O4Si2/c1-23(2,3)29-22(26)21-15-19(17-27-30(10,11)24(4,5)6)14-20(16-21)18-28-31(12,13)25(7,8)9/h14-16H,17-18H2,1-13H3. The molecule has 0 fully saturated rings. The summed E-state index contributed by atoms with van der Waals surface area (Å²) in [5.74, 6) is -0.310. The van der Waals surface area contributed by atoms with Crippen LogP contribution < -0.4 is 0 Å². The Balaban J connectivity index is 3.20. The molecule has 0 atom stereocenters. The van der Waals surface area contributed by atoms with Crippen LogP contribution in [0.15, 0.2) is 18.2 Å². The molecular weight excluding hydrogens is 420 g/mol. The van der Waals surface area contributed by atoms with E-state index < -0.39 is 22.2 Å². The van der Waals surface area contributed by atoms with Gasteiger partial charge in [-0.25, -0.2) is 4.79 Å². The van der Waals surface area contributed by atoms with Gasteiger partial charge in [0.25, 0.3) is 0 Å². The van der Waals surface area contributed by atoms with Crippen molar-refractivity contribution in [2.24, 2.45) is 0 Å². The van der Waals surface area contributed by atoms with Crippen LogP contribution >= 0.6 is 0 Å². The largest absolute Gasteiger partial charge is 0.456 e. The predicted molar refractivity (Wildman–Crippen MR) is 136 cm³/mol. The van der Waals surface area contributed by atoms with Crippen molar-refractivity contribution in [1.82, 2.24) is 0 Å². The van der Waals surface area contributed by atoms with Gasteiger partial charge in [-0.3, -0.25) is 0 Å². The molecule has 0 heterocycles. The first-order chi connectivity index (χ1) is 13.6. The maximum Gasteiger partial charge on any atom is 0.338 e. The van der Waals surface area contributed by atoms with Crippen molar-refractivity contribution >= 4 is 22.6 Å². The topological polar surface area (TPSA) is 44.8 Å². The molecule has 0 aromatic heterocycles. The van der Waals surface area contributed by atoms with Gasteiger partial charge in [-0.05, 0) is 80.3 Å². The van der Waals surface area contributed by atoms with E-state index in [0.29, 0.717) is 18.8 Å². The Morgan fingerprint density at radius 3 is 1.35 bits per heavy atom. The predicted octanol–water partition coefficient (Wildman–Crippen LogP) is 7.69. The van der Waals surface area contributed by atoms with Crippen LogP contribution in [0.4, 0.5) is 0 Å². The SMILES string of the molecule is CC(C)(C)OC(=O)c1cc(CO[Si](C)(C)C(C)(C)C)cc(CO[Si](C)(C)C(C)(C)C)c1. The molecule has 0 saturated carbocycles. The lowest BCUT2D eigenvalue weighted by Crippen LogP contribution is -2.40. The minimum atomic E-state index is -1.90. The fourth-order valence-corrected chi connectivity index (χ4v) is 4.27. The Kier molecular flexibility index (Phi) is 8.60. The highest BCUT2D eigenvalue weighted by molar-refractivity contribution is 6.74. The summed E-state index contributed by atoms with van der Waals surface area (Å²) in [7, 11) is -3.80. The summed E-state index contributed by atoms with van der Waals surface area (Å²) in [6.45, 7) is 29.0. The van der Waals surface area contributed by atoms with Crippen molar-refractivity contribution in [2.75, 3.05) is 0 Å². The zero-order chi connectivity index (χ0) is 24.5. The van der Waals surface area contributed by atoms with E-state index in [0.717, 1.165) is 11.1 Å². The number of rotatable bonds is 7. The zero-order valence-electron chi connectivity index (χ0n) is 22.3. The van der Waals surface area contributed by atoms with E-state index in [-0.39, 0.29) is 16.0 Å². The molecule has 0 N–H and O–H groups in total. The molecule has 0 amide bonds. The molecule has 0 spiro atoms. The van der Waals surface area contributed by atoms with E-state index >= 15 is 0 Å². The molecule has 0 aliphatic rings. The van der Waals surface area contributed by atoms with Crippen LogP contribution in [0.5, 0.6) is 0 Å². The summed E-state index contributed by atoms with van der Waals surface area (Å²) in [5, 5.41) is 0.258. The number of carbonyl (C=O) groups excluding carboxylic acids is 1. The number of benzene rings is 1. The van der Waals surface area contributed by atoms with Crippen molar-refractivity contribution < 1.29 is 18.4 Å². The van der Waals surface area contributed by atoms with E-state index in [2.05, 4.69) is 73.8 Å². The average molecular weight is 467 g/mol. The summed E-state index contributed by atoms with van der Waals surface area (Å²) in [6.07, 6.45) is 0. The number of esters is 1. The molecule has 1 rings (SSSR count). The molecule has 0 unspecified atom stereocenters. The van der Waals surface area contributed by atoms with Crippen LogP contribution in [0.3, 0.4) is 0 Å². The van der Waals surface area contributed by atoms with E-state index in [1.54, 1.807) is 0 Å². The Morgan fingerprint density at radius 2 is 1.06 bits per heavy atom. The monoisotopic (exact) mass is 466 g/mol. The summed E-state index contributed by atoms with van der Waals surface area (Å²) < 4.78 is 18.5. The van der Waals surface area contributed by atoms with Crippen LogP contribution in [0.2, 0.25) is 36.3 Å². The molecule has 0 aliphatic carbocycles. The minimum Gasteiger partial charge on any atom is -0.456 e. The second-order valence-corrected chi connectivity index (χ2v) is 22.3. The van der Waals surface area contributed by atoms with Gasteiger partial charge in [0.1, 0.15) is 5.60 Å². The van der Waals surface area contributed by atoms with Gasteiger partial charge in [0.05, 0.1) is 18.8 Å². The van der Waals surface area contributed by atoms with Crippen molar-refractivity contribution in [3.05, 3.63) is 34.9 Å². The highest BCUT2D eigenvalue weighted by atomic mass is 28.4. The first-order valence-corrected chi connectivity index (χ1v) is 17.1. The third kappa shape index (κ3) is 8.48. The van der Waals surface area contributed by atoms with E-state index in [1.807, 2.05) is 32.9 Å². The molecule has 178 valence electrons. The van der Waals surface area contributed by atoms with Gasteiger partial charge in [0.15, 0.2) is 16.6 Å². The number of hydrogen-bond acceptors (Lipinski definition) is 4. The van der Waals surface area contributed by atoms with Crippen molar-refractivity contribution in [2.45, 2.75) is 117 Å². The molecule has 31 heavy (non-hydrogen) atoms. The lowest BCUT2D eigenvalue weighted by Gasteiger charge is -2.36. The maximum atomic E-state index is 12.8. The molecule has 0 aliphatic heterocycles. The van der Waals surface area contributed by atoms with Crippen molar-refractivity contribution in [3.8, 4) is 0 Å². The molecule has 4 nitrogen and oxygen atoms in total. The molecule has 1 aromatic rings. The summed E-state index contributed by atoms with van der Waals surface area (Å²) in [5.41, 5.74) is 1.99. The molecule has 0 bridgehead atoms. The smallest absolute Gasteiger partial charge is 0.338 e. The highest BCUT2D eigenvalue weighted by Gasteiger charge is 2.38. The zero-order valence-corrected chi connectivity index (χ0v) is 24.3. The van der Waals surface area contributed by atoms with E-state index in [9.17, 15) is 4.79 Å². The van der Waals surface area contributed by atoms with Crippen LogP contribution in [0, 0.1) is 0 Å². The van der Waals surface area contributed by atoms with Gasteiger partial charge >= 0.3 is 5.97 Å². The lowest BCUT2D eigenvalue weighted by atomic mass is 10.1. The molecule has 6 heteroatoms. The van der Waals surface area contributed by atoms with Gasteiger partial charge < -0.3 is 13.6 Å². The second-order valence-electron chi connectivity index (χ2n) is 12.6. The normalized spacial score (nSPS) is 14.0. The average Bonchev–Trinajstić information content (AvgIpc) is 2.54. The lowest BCUT2D eigenvalue weighted by molar-refractivity contribution is 0.00691. The Bertz CT molecular complexity index is 715. The molecular formula is C25H46O4Si2. The van der Waals surface area contributed by atoms with Gasteiger partial charge in [0, 0.05) is 0 Å². The van der Waals surface area contributed by atoms with Gasteiger partial charge in [0.2, 0.25) is 0 Å². The van der Waals surface area contributed by atoms with Crippen LogP contribution in [-0.4, -0.2) is 28.2 Å². The Morgan fingerprint density at radius 1 is 0.710 bits per heavy atom. The van der Waals surface area contributed by atoms with Gasteiger partial charge in [-0.2, -0.15) is 0 Å². The third-order valence-electron chi connectivity index (χ3n) is 6.50. The summed E-state index contributed by atoms with van der Waals surface area (Å²) in [4.78, 5) is 12.8. The third-order valence-corrected chi connectivity index (χ3v) is 15.5. The quantitative estimate of drug-likeness (QED) is 0.305. The van der Waals surface area contributed by atoms with Crippen LogP contribution in [-0.2, 0) is 26.8 Å². The van der Waals surface area contributed by atoms with E-state index in [1.165, 1.54) is 0 Å². The minimum absolute atomic E-state index is 0.129. The first-order valence-electron chi connectivity index (χ1n) is 11.3. The van der Waals surface area contributed by atoms with E-state index in [4.69, 9.17) is 13.6 Å². The summed E-state index contributed by atoms with van der Waals surface area (Å²) >= 11 is 0. The second kappa shape index (κ2) is 9.50. The van der Waals surface area contributed by atoms with Gasteiger partial charge in [-0.15, -0.1) is 0 Å². The van der Waals surface area contributed by atoms with Crippen LogP contribution in [0.1, 0.15) is 83.8 Å². The first kappa shape index (κ1) is 28.1.